The Morgan fingerprint density at radius 2 is 1.79 bits per heavy atom. The minimum Gasteiger partial charge on any atom is -0.386 e. The van der Waals surface area contributed by atoms with Crippen LogP contribution in [0.3, 0.4) is 0 Å². The van der Waals surface area contributed by atoms with Crippen LogP contribution in [-0.4, -0.2) is 30.4 Å². The van der Waals surface area contributed by atoms with E-state index in [2.05, 4.69) is 46.4 Å². The lowest BCUT2D eigenvalue weighted by molar-refractivity contribution is -0.166. The van der Waals surface area contributed by atoms with E-state index in [0.29, 0.717) is 22.3 Å². The van der Waals surface area contributed by atoms with Gasteiger partial charge in [0.2, 0.25) is 0 Å². The van der Waals surface area contributed by atoms with Gasteiger partial charge < -0.3 is 10.2 Å². The number of carbonyl (C=O) groups is 2. The molecule has 11 heteroatoms. The largest absolute Gasteiger partial charge is 0.442 e. The zero-order valence-electron chi connectivity index (χ0n) is 24.8. The van der Waals surface area contributed by atoms with Gasteiger partial charge in [0.15, 0.2) is 6.61 Å². The topological polar surface area (TPSA) is 105 Å². The van der Waals surface area contributed by atoms with E-state index in [0.717, 1.165) is 42.7 Å². The van der Waals surface area contributed by atoms with Gasteiger partial charge in [0.05, 0.1) is 5.71 Å². The number of fused-ring (bicyclic) bond motifs is 5. The zero-order valence-corrected chi connectivity index (χ0v) is 24.8. The highest BCUT2D eigenvalue weighted by Gasteiger charge is 2.65. The summed E-state index contributed by atoms with van der Waals surface area (Å²) < 4.78 is 39.4. The Balaban J connectivity index is 0.940. The van der Waals surface area contributed by atoms with E-state index in [1.165, 1.54) is 68.4 Å². The molecule has 4 fully saturated rings. The van der Waals surface area contributed by atoms with E-state index < -0.39 is 23.8 Å². The maximum absolute atomic E-state index is 13.1. The van der Waals surface area contributed by atoms with E-state index in [1.54, 1.807) is 0 Å². The molecule has 1 aromatic carbocycles. The third kappa shape index (κ3) is 5.26. The smallest absolute Gasteiger partial charge is 0.386 e. The number of halogens is 3. The number of hydrogen-bond acceptors (Lipinski definition) is 6. The van der Waals surface area contributed by atoms with Crippen LogP contribution in [0, 0.1) is 34.5 Å². The molecule has 232 valence electrons. The summed E-state index contributed by atoms with van der Waals surface area (Å²) in [5.74, 6) is 2.25. The molecule has 0 saturated heterocycles. The Morgan fingerprint density at radius 1 is 1.05 bits per heavy atom. The number of imide groups is 1. The normalized spacial score (nSPS) is 35.0. The second-order valence-electron chi connectivity index (χ2n) is 13.7. The number of urea groups is 1. The van der Waals surface area contributed by atoms with Crippen molar-refractivity contribution >= 4 is 17.6 Å². The van der Waals surface area contributed by atoms with Crippen molar-refractivity contribution in [1.82, 2.24) is 10.6 Å². The number of amides is 3. The minimum atomic E-state index is -4.60. The molecule has 4 aliphatic carbocycles. The van der Waals surface area contributed by atoms with Crippen LogP contribution in [0.25, 0.3) is 0 Å². The van der Waals surface area contributed by atoms with E-state index in [1.807, 2.05) is 0 Å². The van der Waals surface area contributed by atoms with Gasteiger partial charge in [-0.1, -0.05) is 55.4 Å². The van der Waals surface area contributed by atoms with Crippen molar-refractivity contribution in [3.05, 3.63) is 47.5 Å². The Hall–Kier alpha value is -3.24. The number of oxime groups is 1. The van der Waals surface area contributed by atoms with Crippen molar-refractivity contribution in [1.29, 1.82) is 0 Å². The molecule has 2 N–H and O–H groups in total. The van der Waals surface area contributed by atoms with Crippen molar-refractivity contribution < 1.29 is 27.6 Å². The number of carbonyl (C=O) groups excluding carboxylic acids is 2. The van der Waals surface area contributed by atoms with Crippen LogP contribution >= 0.6 is 0 Å². The Morgan fingerprint density at radius 3 is 2.49 bits per heavy atom. The van der Waals surface area contributed by atoms with Gasteiger partial charge in [-0.3, -0.25) is 10.1 Å². The van der Waals surface area contributed by atoms with Gasteiger partial charge in [-0.15, -0.1) is 10.2 Å². The molecule has 1 heterocycles. The molecule has 3 amide bonds. The quantitative estimate of drug-likeness (QED) is 0.268. The first kappa shape index (κ1) is 29.8. The molecule has 5 aliphatic rings. The third-order valence-corrected chi connectivity index (χ3v) is 11.6. The molecule has 43 heavy (non-hydrogen) atoms. The predicted molar refractivity (Wildman–Crippen MR) is 154 cm³/mol. The Bertz CT molecular complexity index is 1350. The fraction of sp³-hybridized carbons (Fsp3) is 0.656. The highest BCUT2D eigenvalue weighted by molar-refractivity contribution is 5.95. The van der Waals surface area contributed by atoms with Crippen molar-refractivity contribution in [2.24, 2.45) is 49.9 Å². The average molecular weight is 600 g/mol. The Kier molecular flexibility index (Phi) is 7.44. The summed E-state index contributed by atoms with van der Waals surface area (Å²) in [6, 6.07) is 4.72. The van der Waals surface area contributed by atoms with Crippen LogP contribution in [0.1, 0.15) is 82.8 Å². The van der Waals surface area contributed by atoms with Gasteiger partial charge in [0.1, 0.15) is 0 Å². The van der Waals surface area contributed by atoms with Gasteiger partial charge in [0, 0.05) is 12.1 Å². The minimum absolute atomic E-state index is 0.0204. The molecule has 4 saturated carbocycles. The van der Waals surface area contributed by atoms with Gasteiger partial charge in [-0.25, -0.2) is 4.79 Å². The fourth-order valence-electron chi connectivity index (χ4n) is 8.92. The van der Waals surface area contributed by atoms with E-state index in [9.17, 15) is 22.8 Å². The molecular weight excluding hydrogens is 559 g/mol. The standard InChI is InChI=1S/C32H40F3N5O3/c1-19-4-11-25-24-10-9-22-16-23(12-14-30(22,3)26(24)13-15-29(19,25)2)38-43-18-27(41)37-28(42)36-17-20-5-7-21(8-6-20)31(39-40-31)32(33,34)35/h5-8,22,24-26H,1,4,9-18H2,2-3H3,(H2,36,37,41,42)/b38-23+/t22-,24-,25-,26-,29+,30-/m0/s1. The molecular formula is C32H40F3N5O3. The first-order chi connectivity index (χ1) is 20.4. The van der Waals surface area contributed by atoms with Gasteiger partial charge >= 0.3 is 17.9 Å². The van der Waals surface area contributed by atoms with Crippen LogP contribution in [0.4, 0.5) is 18.0 Å². The first-order valence-electron chi connectivity index (χ1n) is 15.4. The summed E-state index contributed by atoms with van der Waals surface area (Å²) in [6.07, 6.45) is 5.73. The SMILES string of the molecule is C=C1CC[C@H]2[C@@H]3CC[C@H]4C/C(=N/OCC(=O)NC(=O)NCc5ccc(C6(C(F)(F)F)N=N6)cc5)CC[C@]4(C)[C@H]3CC[C@]12C. The second-order valence-corrected chi connectivity index (χ2v) is 13.7. The van der Waals surface area contributed by atoms with Gasteiger partial charge in [-0.2, -0.15) is 13.2 Å². The lowest BCUT2D eigenvalue weighted by atomic mass is 9.45. The monoisotopic (exact) mass is 599 g/mol. The summed E-state index contributed by atoms with van der Waals surface area (Å²) in [5.41, 5.74) is 1.08. The van der Waals surface area contributed by atoms with Crippen LogP contribution in [0.15, 0.2) is 51.8 Å². The number of hydrogen-bond donors (Lipinski definition) is 2. The molecule has 0 aromatic heterocycles. The summed E-state index contributed by atoms with van der Waals surface area (Å²) >= 11 is 0. The summed E-state index contributed by atoms with van der Waals surface area (Å²) in [7, 11) is 0. The lowest BCUT2D eigenvalue weighted by Gasteiger charge is -2.60. The number of allylic oxidation sites excluding steroid dienone is 1. The molecule has 6 atom stereocenters. The summed E-state index contributed by atoms with van der Waals surface area (Å²) in [6.45, 7) is 9.03. The number of benzene rings is 1. The zero-order chi connectivity index (χ0) is 30.6. The molecule has 0 bridgehead atoms. The number of alkyl halides is 3. The van der Waals surface area contributed by atoms with Gasteiger partial charge in [0.25, 0.3) is 5.91 Å². The molecule has 8 nitrogen and oxygen atoms in total. The summed E-state index contributed by atoms with van der Waals surface area (Å²) in [5, 5.41) is 15.3. The highest BCUT2D eigenvalue weighted by Crippen LogP contribution is 2.67. The third-order valence-electron chi connectivity index (χ3n) is 11.6. The van der Waals surface area contributed by atoms with E-state index >= 15 is 0 Å². The van der Waals surface area contributed by atoms with Crippen molar-refractivity contribution in [2.45, 2.75) is 90.0 Å². The maximum atomic E-state index is 13.1. The van der Waals surface area contributed by atoms with Crippen molar-refractivity contribution in [2.75, 3.05) is 6.61 Å². The highest BCUT2D eigenvalue weighted by atomic mass is 19.4. The predicted octanol–water partition coefficient (Wildman–Crippen LogP) is 7.16. The summed E-state index contributed by atoms with van der Waals surface area (Å²) in [4.78, 5) is 29.7. The van der Waals surface area contributed by atoms with Crippen LogP contribution < -0.4 is 10.6 Å². The van der Waals surface area contributed by atoms with Gasteiger partial charge in [-0.05, 0) is 97.9 Å². The van der Waals surface area contributed by atoms with Crippen LogP contribution in [-0.2, 0) is 21.8 Å². The number of nitrogens with one attached hydrogen (secondary N) is 2. The Labute approximate surface area is 250 Å². The average Bonchev–Trinajstić information content (AvgIpc) is 3.73. The van der Waals surface area contributed by atoms with E-state index in [-0.39, 0.29) is 18.7 Å². The maximum Gasteiger partial charge on any atom is 0.442 e. The van der Waals surface area contributed by atoms with Crippen LogP contribution in [0.2, 0.25) is 0 Å². The van der Waals surface area contributed by atoms with Crippen molar-refractivity contribution in [3.63, 3.8) is 0 Å². The number of rotatable bonds is 6. The molecule has 1 aliphatic heterocycles. The molecule has 0 spiro atoms. The second kappa shape index (κ2) is 10.7. The molecule has 0 unspecified atom stereocenters. The lowest BCUT2D eigenvalue weighted by Crippen LogP contribution is -2.52. The fourth-order valence-corrected chi connectivity index (χ4v) is 8.92. The van der Waals surface area contributed by atoms with Crippen LogP contribution in [0.5, 0.6) is 0 Å². The van der Waals surface area contributed by atoms with Crippen molar-refractivity contribution in [3.8, 4) is 0 Å². The molecule has 0 radical (unpaired) electrons. The molecule has 6 rings (SSSR count). The van der Waals surface area contributed by atoms with E-state index in [4.69, 9.17) is 4.84 Å². The first-order valence-corrected chi connectivity index (χ1v) is 15.4. The number of nitrogens with zero attached hydrogens (tertiary/aromatic N) is 3. The molecule has 1 aromatic rings.